The molecule has 0 fully saturated rings. The van der Waals surface area contributed by atoms with Crippen molar-refractivity contribution in [2.24, 2.45) is 0 Å². The minimum atomic E-state index is -0.615. The summed E-state index contributed by atoms with van der Waals surface area (Å²) in [6, 6.07) is 14.6. The SMILES string of the molecule is COc1ccc(C2C(C(C)=O)=C(O)C(=O)N2CCc2c[nH]c3ccccc23)cc1. The maximum atomic E-state index is 12.8. The molecule has 2 aromatic carbocycles. The Kier molecular flexibility index (Phi) is 4.84. The van der Waals surface area contributed by atoms with E-state index in [1.54, 1.807) is 24.1 Å². The standard InChI is InChI=1S/C23H22N2O4/c1-14(26)20-21(15-7-9-17(29-2)10-8-15)25(23(28)22(20)27)12-11-16-13-24-19-6-4-3-5-18(16)19/h3-10,13,21,24,27H,11-12H2,1-2H3. The first-order chi connectivity index (χ1) is 14.0. The molecule has 6 nitrogen and oxygen atoms in total. The molecule has 148 valence electrons. The van der Waals surface area contributed by atoms with Crippen molar-refractivity contribution in [1.82, 2.24) is 9.88 Å². The Hall–Kier alpha value is -3.54. The van der Waals surface area contributed by atoms with Gasteiger partial charge in [-0.15, -0.1) is 0 Å². The normalized spacial score (nSPS) is 16.7. The summed E-state index contributed by atoms with van der Waals surface area (Å²) >= 11 is 0. The molecule has 29 heavy (non-hydrogen) atoms. The minimum Gasteiger partial charge on any atom is -0.503 e. The van der Waals surface area contributed by atoms with Gasteiger partial charge in [0.1, 0.15) is 5.75 Å². The maximum Gasteiger partial charge on any atom is 0.290 e. The highest BCUT2D eigenvalue weighted by Gasteiger charge is 2.42. The zero-order valence-electron chi connectivity index (χ0n) is 16.3. The monoisotopic (exact) mass is 390 g/mol. The largest absolute Gasteiger partial charge is 0.503 e. The summed E-state index contributed by atoms with van der Waals surface area (Å²) in [6.07, 6.45) is 2.54. The summed E-state index contributed by atoms with van der Waals surface area (Å²) in [5.74, 6) is -0.611. The van der Waals surface area contributed by atoms with Crippen LogP contribution < -0.4 is 4.74 Å². The molecule has 1 amide bonds. The molecule has 3 aromatic rings. The molecule has 1 aromatic heterocycles. The molecule has 0 spiro atoms. The van der Waals surface area contributed by atoms with Crippen molar-refractivity contribution < 1.29 is 19.4 Å². The molecule has 0 aliphatic carbocycles. The van der Waals surface area contributed by atoms with Gasteiger partial charge in [-0.3, -0.25) is 9.59 Å². The topological polar surface area (TPSA) is 82.6 Å². The lowest BCUT2D eigenvalue weighted by molar-refractivity contribution is -0.129. The molecule has 0 saturated carbocycles. The van der Waals surface area contributed by atoms with Crippen LogP contribution in [0.1, 0.15) is 24.1 Å². The van der Waals surface area contributed by atoms with Crippen LogP contribution in [0.3, 0.4) is 0 Å². The van der Waals surface area contributed by atoms with Crippen LogP contribution in [-0.4, -0.2) is 40.3 Å². The second-order valence-corrected chi connectivity index (χ2v) is 7.10. The molecule has 0 saturated heterocycles. The van der Waals surface area contributed by atoms with Crippen molar-refractivity contribution in [2.75, 3.05) is 13.7 Å². The number of nitrogens with one attached hydrogen (secondary N) is 1. The van der Waals surface area contributed by atoms with E-state index in [4.69, 9.17) is 4.74 Å². The second-order valence-electron chi connectivity index (χ2n) is 7.10. The number of hydrogen-bond donors (Lipinski definition) is 2. The Morgan fingerprint density at radius 2 is 1.90 bits per heavy atom. The molecular formula is C23H22N2O4. The van der Waals surface area contributed by atoms with E-state index in [1.165, 1.54) is 6.92 Å². The van der Waals surface area contributed by atoms with Crippen LogP contribution in [0.5, 0.6) is 5.75 Å². The number of benzene rings is 2. The van der Waals surface area contributed by atoms with E-state index < -0.39 is 17.7 Å². The van der Waals surface area contributed by atoms with Crippen LogP contribution in [0.25, 0.3) is 10.9 Å². The van der Waals surface area contributed by atoms with E-state index in [9.17, 15) is 14.7 Å². The number of nitrogens with zero attached hydrogens (tertiary/aromatic N) is 1. The number of carbonyl (C=O) groups excluding carboxylic acids is 2. The number of methoxy groups -OCH3 is 1. The van der Waals surface area contributed by atoms with Gasteiger partial charge in [-0.25, -0.2) is 0 Å². The van der Waals surface area contributed by atoms with Crippen LogP contribution in [0.2, 0.25) is 0 Å². The summed E-state index contributed by atoms with van der Waals surface area (Å²) in [5, 5.41) is 11.5. The molecule has 1 aliphatic heterocycles. The number of Topliss-reactive ketones (excluding diaryl/α,β-unsaturated/α-hetero) is 1. The summed E-state index contributed by atoms with van der Waals surface area (Å²) < 4.78 is 5.20. The number of aliphatic hydroxyl groups excluding tert-OH is 1. The van der Waals surface area contributed by atoms with Gasteiger partial charge in [0, 0.05) is 23.6 Å². The maximum absolute atomic E-state index is 12.8. The van der Waals surface area contributed by atoms with Crippen molar-refractivity contribution in [2.45, 2.75) is 19.4 Å². The number of ether oxygens (including phenoxy) is 1. The molecule has 0 radical (unpaired) electrons. The van der Waals surface area contributed by atoms with Gasteiger partial charge in [0.2, 0.25) is 0 Å². The van der Waals surface area contributed by atoms with Crippen molar-refractivity contribution in [1.29, 1.82) is 0 Å². The van der Waals surface area contributed by atoms with Crippen LogP contribution in [0.4, 0.5) is 0 Å². The minimum absolute atomic E-state index is 0.138. The number of rotatable bonds is 6. The van der Waals surface area contributed by atoms with Gasteiger partial charge in [-0.1, -0.05) is 30.3 Å². The lowest BCUT2D eigenvalue weighted by atomic mass is 9.96. The molecular weight excluding hydrogens is 368 g/mol. The summed E-state index contributed by atoms with van der Waals surface area (Å²) in [6.45, 7) is 1.75. The molecule has 2 N–H and O–H groups in total. The number of fused-ring (bicyclic) bond motifs is 1. The summed E-state index contributed by atoms with van der Waals surface area (Å²) in [4.78, 5) is 29.8. The first kappa shape index (κ1) is 18.8. The summed E-state index contributed by atoms with van der Waals surface area (Å²) in [7, 11) is 1.58. The fourth-order valence-electron chi connectivity index (χ4n) is 3.96. The smallest absolute Gasteiger partial charge is 0.290 e. The number of aromatic nitrogens is 1. The van der Waals surface area contributed by atoms with E-state index >= 15 is 0 Å². The number of hydrogen-bond acceptors (Lipinski definition) is 4. The van der Waals surface area contributed by atoms with E-state index in [0.29, 0.717) is 18.7 Å². The first-order valence-corrected chi connectivity index (χ1v) is 9.45. The average Bonchev–Trinajstić information content (AvgIpc) is 3.25. The number of para-hydroxylation sites is 1. The van der Waals surface area contributed by atoms with Gasteiger partial charge in [0.15, 0.2) is 11.5 Å². The van der Waals surface area contributed by atoms with Crippen molar-refractivity contribution in [3.8, 4) is 5.75 Å². The highest BCUT2D eigenvalue weighted by Crippen LogP contribution is 2.38. The fraction of sp³-hybridized carbons (Fsp3) is 0.217. The predicted molar refractivity (Wildman–Crippen MR) is 110 cm³/mol. The number of H-pyrrole nitrogens is 1. The van der Waals surface area contributed by atoms with Crippen LogP contribution in [0.15, 0.2) is 66.1 Å². The Morgan fingerprint density at radius 1 is 1.17 bits per heavy atom. The molecule has 1 unspecified atom stereocenters. The Balaban J connectivity index is 1.66. The van der Waals surface area contributed by atoms with Gasteiger partial charge in [-0.05, 0) is 42.7 Å². The van der Waals surface area contributed by atoms with E-state index in [2.05, 4.69) is 4.98 Å². The second kappa shape index (κ2) is 7.47. The zero-order valence-corrected chi connectivity index (χ0v) is 16.3. The quantitative estimate of drug-likeness (QED) is 0.672. The Labute approximate surface area is 168 Å². The highest BCUT2D eigenvalue weighted by molar-refractivity contribution is 6.08. The molecule has 4 rings (SSSR count). The lowest BCUT2D eigenvalue weighted by Crippen LogP contribution is -2.32. The fourth-order valence-corrected chi connectivity index (χ4v) is 3.96. The average molecular weight is 390 g/mol. The first-order valence-electron chi connectivity index (χ1n) is 9.45. The highest BCUT2D eigenvalue weighted by atomic mass is 16.5. The van der Waals surface area contributed by atoms with Gasteiger partial charge in [0.25, 0.3) is 5.91 Å². The summed E-state index contributed by atoms with van der Waals surface area (Å²) in [5.41, 5.74) is 3.01. The molecule has 1 atom stereocenters. The van der Waals surface area contributed by atoms with Crippen molar-refractivity contribution in [3.63, 3.8) is 0 Å². The number of aromatic amines is 1. The number of amides is 1. The lowest BCUT2D eigenvalue weighted by Gasteiger charge is -2.26. The third-order valence-electron chi connectivity index (χ3n) is 5.41. The molecule has 0 bridgehead atoms. The van der Waals surface area contributed by atoms with E-state index in [1.807, 2.05) is 42.6 Å². The van der Waals surface area contributed by atoms with Gasteiger partial charge >= 0.3 is 0 Å². The van der Waals surface area contributed by atoms with Crippen molar-refractivity contribution in [3.05, 3.63) is 77.2 Å². The zero-order chi connectivity index (χ0) is 20.5. The third kappa shape index (κ3) is 3.27. The van der Waals surface area contributed by atoms with Gasteiger partial charge < -0.3 is 19.7 Å². The number of carbonyl (C=O) groups is 2. The van der Waals surface area contributed by atoms with Crippen LogP contribution in [0, 0.1) is 0 Å². The van der Waals surface area contributed by atoms with Gasteiger partial charge in [-0.2, -0.15) is 0 Å². The predicted octanol–water partition coefficient (Wildman–Crippen LogP) is 3.70. The molecule has 1 aliphatic rings. The molecule has 6 heteroatoms. The van der Waals surface area contributed by atoms with Crippen LogP contribution in [-0.2, 0) is 16.0 Å². The Bertz CT molecular complexity index is 1110. The third-order valence-corrected chi connectivity index (χ3v) is 5.41. The molecule has 2 heterocycles. The number of ketones is 1. The van der Waals surface area contributed by atoms with E-state index in [-0.39, 0.29) is 11.4 Å². The van der Waals surface area contributed by atoms with Gasteiger partial charge in [0.05, 0.1) is 18.7 Å². The van der Waals surface area contributed by atoms with E-state index in [0.717, 1.165) is 22.0 Å². The Morgan fingerprint density at radius 3 is 2.59 bits per heavy atom. The van der Waals surface area contributed by atoms with Crippen molar-refractivity contribution >= 4 is 22.6 Å². The van der Waals surface area contributed by atoms with Crippen LogP contribution >= 0.6 is 0 Å². The number of aliphatic hydroxyl groups is 1.